The van der Waals surface area contributed by atoms with Gasteiger partial charge in [0.1, 0.15) is 40.3 Å². The van der Waals surface area contributed by atoms with Crippen LogP contribution >= 0.6 is 11.6 Å². The van der Waals surface area contributed by atoms with E-state index in [0.717, 1.165) is 10.1 Å². The Morgan fingerprint density at radius 2 is 1.80 bits per heavy atom. The molecule has 3 atom stereocenters. The first-order valence-corrected chi connectivity index (χ1v) is 14.6. The molecule has 3 aliphatic rings. The van der Waals surface area contributed by atoms with Crippen molar-refractivity contribution in [3.63, 3.8) is 0 Å². The standard InChI is InChI=1S/C33H32ClN3O8/c1-15(2)14-44-18-10-8-9-17(12-18)22-23-19(35-30-25(22)31(40)37(5)32(41)36(30)4)11-16(3)33(28(23)38)29(39)24-20(42-6)13-21(43-7)26(34)27(24)45-33/h8-10,12-13,16,22,35H,1,11,14H2,2-7H3. The van der Waals surface area contributed by atoms with E-state index in [1.54, 1.807) is 38.2 Å². The van der Waals surface area contributed by atoms with E-state index >= 15 is 4.79 Å². The highest BCUT2D eigenvalue weighted by molar-refractivity contribution is 6.36. The van der Waals surface area contributed by atoms with Crippen LogP contribution in [0.1, 0.15) is 47.7 Å². The Bertz CT molecular complexity index is 1990. The van der Waals surface area contributed by atoms with E-state index < -0.39 is 40.3 Å². The Morgan fingerprint density at radius 1 is 1.09 bits per heavy atom. The molecule has 2 aliphatic heterocycles. The molecule has 45 heavy (non-hydrogen) atoms. The van der Waals surface area contributed by atoms with Gasteiger partial charge in [0.15, 0.2) is 5.75 Å². The van der Waals surface area contributed by atoms with E-state index in [-0.39, 0.29) is 57.8 Å². The molecular weight excluding hydrogens is 602 g/mol. The van der Waals surface area contributed by atoms with Crippen LogP contribution in [-0.2, 0) is 18.9 Å². The summed E-state index contributed by atoms with van der Waals surface area (Å²) in [5.74, 6) is -1.74. The number of hydrogen-bond acceptors (Lipinski definition) is 9. The lowest BCUT2D eigenvalue weighted by molar-refractivity contribution is -0.130. The number of carbonyl (C=O) groups excluding carboxylic acids is 2. The van der Waals surface area contributed by atoms with Crippen LogP contribution in [-0.4, -0.2) is 47.1 Å². The number of benzene rings is 2. The molecule has 12 heteroatoms. The van der Waals surface area contributed by atoms with Crippen molar-refractivity contribution >= 4 is 29.0 Å². The monoisotopic (exact) mass is 633 g/mol. The van der Waals surface area contributed by atoms with Crippen LogP contribution in [0.4, 0.5) is 5.82 Å². The third-order valence-corrected chi connectivity index (χ3v) is 9.11. The van der Waals surface area contributed by atoms with Crippen molar-refractivity contribution in [3.8, 4) is 23.0 Å². The molecule has 1 N–H and O–H groups in total. The van der Waals surface area contributed by atoms with Crippen molar-refractivity contribution in [2.24, 2.45) is 20.0 Å². The first-order chi connectivity index (χ1) is 21.4. The Kier molecular flexibility index (Phi) is 7.19. The number of carbonyl (C=O) groups is 2. The van der Waals surface area contributed by atoms with Gasteiger partial charge in [-0.05, 0) is 36.6 Å². The van der Waals surface area contributed by atoms with Crippen molar-refractivity contribution < 1.29 is 28.5 Å². The summed E-state index contributed by atoms with van der Waals surface area (Å²) in [6.07, 6.45) is 0.184. The van der Waals surface area contributed by atoms with Gasteiger partial charge in [-0.3, -0.25) is 23.5 Å². The predicted octanol–water partition coefficient (Wildman–Crippen LogP) is 4.14. The molecule has 234 valence electrons. The largest absolute Gasteiger partial charge is 0.496 e. The molecule has 0 bridgehead atoms. The lowest BCUT2D eigenvalue weighted by Crippen LogP contribution is -2.58. The second-order valence-electron chi connectivity index (χ2n) is 11.6. The zero-order valence-corrected chi connectivity index (χ0v) is 26.5. The van der Waals surface area contributed by atoms with Crippen molar-refractivity contribution in [1.29, 1.82) is 0 Å². The molecule has 3 aromatic rings. The number of rotatable bonds is 6. The number of aromatic nitrogens is 2. The molecule has 2 aromatic carbocycles. The Hall–Kier alpha value is -4.77. The second-order valence-corrected chi connectivity index (χ2v) is 12.0. The number of ketones is 2. The molecule has 0 amide bonds. The normalized spacial score (nSPS) is 21.5. The van der Waals surface area contributed by atoms with E-state index in [1.807, 2.05) is 6.92 Å². The van der Waals surface area contributed by atoms with Gasteiger partial charge >= 0.3 is 5.69 Å². The number of nitrogens with one attached hydrogen (secondary N) is 1. The molecule has 0 saturated heterocycles. The fourth-order valence-electron chi connectivity index (χ4n) is 6.51. The average molecular weight is 634 g/mol. The van der Waals surface area contributed by atoms with Crippen molar-refractivity contribution in [2.45, 2.75) is 31.8 Å². The highest BCUT2D eigenvalue weighted by atomic mass is 35.5. The first-order valence-electron chi connectivity index (χ1n) is 14.3. The maximum absolute atomic E-state index is 15.0. The number of halogens is 1. The third kappa shape index (κ3) is 4.24. The summed E-state index contributed by atoms with van der Waals surface area (Å²) in [5.41, 5.74) is -0.869. The number of hydrogen-bond donors (Lipinski definition) is 1. The number of allylic oxidation sites excluding steroid dienone is 1. The highest BCUT2D eigenvalue weighted by Crippen LogP contribution is 2.56. The zero-order valence-electron chi connectivity index (χ0n) is 25.7. The lowest BCUT2D eigenvalue weighted by atomic mass is 9.66. The third-order valence-electron chi connectivity index (χ3n) is 8.75. The van der Waals surface area contributed by atoms with Gasteiger partial charge in [-0.25, -0.2) is 4.79 Å². The first kappa shape index (κ1) is 30.3. The average Bonchev–Trinajstić information content (AvgIpc) is 3.34. The number of nitrogens with zero attached hydrogens (tertiary/aromatic N) is 2. The quantitative estimate of drug-likeness (QED) is 0.315. The SMILES string of the molecule is C=C(C)COc1cccc(C2C3=C(CC(C)C4(Oc5c(Cl)c(OC)cc(OC)c5C4=O)C3=O)Nc3c2c(=O)n(C)c(=O)n3C)c1. The van der Waals surface area contributed by atoms with E-state index in [1.165, 1.54) is 31.9 Å². The fraction of sp³-hybridized carbons (Fsp3) is 0.333. The summed E-state index contributed by atoms with van der Waals surface area (Å²) in [5, 5.41) is 3.25. The Balaban J connectivity index is 1.59. The molecule has 0 radical (unpaired) electrons. The molecule has 1 aromatic heterocycles. The van der Waals surface area contributed by atoms with Crippen LogP contribution in [0.15, 0.2) is 63.3 Å². The van der Waals surface area contributed by atoms with Gasteiger partial charge < -0.3 is 24.3 Å². The van der Waals surface area contributed by atoms with Crippen LogP contribution < -0.4 is 35.5 Å². The van der Waals surface area contributed by atoms with E-state index in [9.17, 15) is 14.4 Å². The molecule has 1 aliphatic carbocycles. The van der Waals surface area contributed by atoms with Gasteiger partial charge in [0, 0.05) is 43.3 Å². The molecule has 3 heterocycles. The second kappa shape index (κ2) is 10.7. The number of methoxy groups -OCH3 is 2. The topological polar surface area (TPSA) is 127 Å². The molecule has 0 fully saturated rings. The summed E-state index contributed by atoms with van der Waals surface area (Å²) in [4.78, 5) is 56.3. The maximum atomic E-state index is 15.0. The van der Waals surface area contributed by atoms with Gasteiger partial charge in [0.05, 0.1) is 19.8 Å². The minimum atomic E-state index is -2.00. The van der Waals surface area contributed by atoms with Gasteiger partial charge in [0.25, 0.3) is 5.56 Å². The van der Waals surface area contributed by atoms with Crippen LogP contribution in [0.2, 0.25) is 5.02 Å². The molecule has 3 unspecified atom stereocenters. The summed E-state index contributed by atoms with van der Waals surface area (Å²) >= 11 is 6.63. The number of fused-ring (bicyclic) bond motifs is 2. The number of Topliss-reactive ketones (excluding diaryl/α,β-unsaturated/α-hetero) is 2. The van der Waals surface area contributed by atoms with Gasteiger partial charge in [-0.1, -0.05) is 37.2 Å². The van der Waals surface area contributed by atoms with Crippen molar-refractivity contribution in [3.05, 3.63) is 96.3 Å². The van der Waals surface area contributed by atoms with E-state index in [4.69, 9.17) is 30.5 Å². The lowest BCUT2D eigenvalue weighted by Gasteiger charge is -2.42. The molecule has 1 spiro atoms. The fourth-order valence-corrected chi connectivity index (χ4v) is 6.78. The minimum Gasteiger partial charge on any atom is -0.496 e. The predicted molar refractivity (Wildman–Crippen MR) is 167 cm³/mol. The number of anilines is 1. The minimum absolute atomic E-state index is 0.00339. The maximum Gasteiger partial charge on any atom is 0.332 e. The smallest absolute Gasteiger partial charge is 0.332 e. The Labute approximate surface area is 263 Å². The van der Waals surface area contributed by atoms with Gasteiger partial charge in [0.2, 0.25) is 17.2 Å². The van der Waals surface area contributed by atoms with Crippen LogP contribution in [0.5, 0.6) is 23.0 Å². The summed E-state index contributed by atoms with van der Waals surface area (Å²) < 4.78 is 25.5. The highest BCUT2D eigenvalue weighted by Gasteiger charge is 2.63. The molecule has 0 saturated carbocycles. The number of ether oxygens (including phenoxy) is 4. The Morgan fingerprint density at radius 3 is 2.47 bits per heavy atom. The van der Waals surface area contributed by atoms with Crippen molar-refractivity contribution in [2.75, 3.05) is 26.1 Å². The summed E-state index contributed by atoms with van der Waals surface area (Å²) in [6, 6.07) is 8.51. The van der Waals surface area contributed by atoms with Crippen LogP contribution in [0.25, 0.3) is 0 Å². The van der Waals surface area contributed by atoms with Crippen molar-refractivity contribution in [1.82, 2.24) is 9.13 Å². The zero-order chi connectivity index (χ0) is 32.5. The summed E-state index contributed by atoms with van der Waals surface area (Å²) in [7, 11) is 5.75. The molecule has 6 rings (SSSR count). The molecule has 11 nitrogen and oxygen atoms in total. The van der Waals surface area contributed by atoms with E-state index in [0.29, 0.717) is 17.0 Å². The molecular formula is C33H32ClN3O8. The van der Waals surface area contributed by atoms with Gasteiger partial charge in [-0.2, -0.15) is 0 Å². The van der Waals surface area contributed by atoms with Crippen LogP contribution in [0.3, 0.4) is 0 Å². The van der Waals surface area contributed by atoms with E-state index in [2.05, 4.69) is 11.9 Å². The van der Waals surface area contributed by atoms with Gasteiger partial charge in [-0.15, -0.1) is 0 Å². The summed E-state index contributed by atoms with van der Waals surface area (Å²) in [6.45, 7) is 7.73. The van der Waals surface area contributed by atoms with Crippen LogP contribution in [0, 0.1) is 5.92 Å².